The van der Waals surface area contributed by atoms with Crippen LogP contribution in [0.2, 0.25) is 0 Å². The molecule has 3 aromatic carbocycles. The number of hydrogen-bond acceptors (Lipinski definition) is 5. The van der Waals surface area contributed by atoms with Crippen molar-refractivity contribution in [2.45, 2.75) is 51.9 Å². The summed E-state index contributed by atoms with van der Waals surface area (Å²) >= 11 is 0. The Labute approximate surface area is 244 Å². The van der Waals surface area contributed by atoms with Crippen molar-refractivity contribution in [3.05, 3.63) is 95.1 Å². The minimum absolute atomic E-state index is 0.0801. The number of carbonyl (C=O) groups excluding carboxylic acids is 1. The van der Waals surface area contributed by atoms with Gasteiger partial charge in [0.2, 0.25) is 0 Å². The number of alkyl halides is 3. The Morgan fingerprint density at radius 2 is 1.33 bits per heavy atom. The predicted octanol–water partition coefficient (Wildman–Crippen LogP) is 6.28. The standard InChI is InChI=1S/C30H37N3O2.C2HF3O2/c1-30(2,3)26-11-13-27(14-12-26)31-29(35)25-9-4-7-23(19-25)21-32-15-6-16-33(18-17-32)22-24-8-5-10-28(34)20-24;3-2(4,5)1(6)7/h4-5,7-14,19-20,34H,6,15-18,21-22H2,1-3H3,(H,31,35);(H,6,7). The molecule has 4 rings (SSSR count). The highest BCUT2D eigenvalue weighted by atomic mass is 19.4. The number of phenolic OH excluding ortho intramolecular Hbond substituents is 1. The van der Waals surface area contributed by atoms with Gasteiger partial charge in [0.05, 0.1) is 0 Å². The van der Waals surface area contributed by atoms with Crippen molar-refractivity contribution in [2.75, 3.05) is 31.5 Å². The Balaban J connectivity index is 0.000000616. The van der Waals surface area contributed by atoms with E-state index in [1.165, 1.54) is 5.56 Å². The fraction of sp³-hybridized carbons (Fsp3) is 0.375. The Morgan fingerprint density at radius 3 is 1.83 bits per heavy atom. The van der Waals surface area contributed by atoms with Crippen molar-refractivity contribution in [3.63, 3.8) is 0 Å². The zero-order valence-electron chi connectivity index (χ0n) is 24.1. The van der Waals surface area contributed by atoms with Crippen LogP contribution < -0.4 is 5.32 Å². The average molecular weight is 586 g/mol. The number of aliphatic carboxylic acids is 1. The minimum Gasteiger partial charge on any atom is -0.508 e. The molecular weight excluding hydrogens is 547 g/mol. The Bertz CT molecular complexity index is 1340. The number of benzene rings is 3. The molecule has 1 aliphatic rings. The molecule has 0 bridgehead atoms. The summed E-state index contributed by atoms with van der Waals surface area (Å²) in [4.78, 5) is 26.7. The molecule has 0 aromatic heterocycles. The Kier molecular flexibility index (Phi) is 11.1. The molecule has 10 heteroatoms. The van der Waals surface area contributed by atoms with Crippen molar-refractivity contribution in [2.24, 2.45) is 0 Å². The van der Waals surface area contributed by atoms with E-state index in [0.29, 0.717) is 11.3 Å². The van der Waals surface area contributed by atoms with Crippen molar-refractivity contribution < 1.29 is 33.0 Å². The number of amides is 1. The molecule has 0 aliphatic carbocycles. The first kappa shape index (κ1) is 32.6. The second kappa shape index (κ2) is 14.3. The zero-order valence-corrected chi connectivity index (χ0v) is 24.1. The number of rotatable bonds is 6. The van der Waals surface area contributed by atoms with Gasteiger partial charge in [-0.05, 0) is 78.0 Å². The van der Waals surface area contributed by atoms with Gasteiger partial charge in [0.15, 0.2) is 0 Å². The van der Waals surface area contributed by atoms with Crippen molar-refractivity contribution in [3.8, 4) is 5.75 Å². The van der Waals surface area contributed by atoms with Crippen LogP contribution >= 0.6 is 0 Å². The van der Waals surface area contributed by atoms with Gasteiger partial charge in [0.25, 0.3) is 5.91 Å². The van der Waals surface area contributed by atoms with Gasteiger partial charge in [-0.25, -0.2) is 4.79 Å². The van der Waals surface area contributed by atoms with E-state index >= 15 is 0 Å². The van der Waals surface area contributed by atoms with Crippen LogP contribution in [-0.2, 0) is 23.3 Å². The van der Waals surface area contributed by atoms with Gasteiger partial charge in [-0.15, -0.1) is 0 Å². The normalized spacial score (nSPS) is 14.8. The molecule has 1 amide bonds. The van der Waals surface area contributed by atoms with E-state index < -0.39 is 12.1 Å². The molecule has 1 heterocycles. The molecule has 0 unspecified atom stereocenters. The lowest BCUT2D eigenvalue weighted by molar-refractivity contribution is -0.192. The maximum Gasteiger partial charge on any atom is 0.490 e. The number of aromatic hydroxyl groups is 1. The second-order valence-corrected chi connectivity index (χ2v) is 11.4. The Hall–Kier alpha value is -3.89. The molecule has 3 N–H and O–H groups in total. The highest BCUT2D eigenvalue weighted by molar-refractivity contribution is 6.04. The van der Waals surface area contributed by atoms with E-state index in [1.807, 2.05) is 42.5 Å². The lowest BCUT2D eigenvalue weighted by Crippen LogP contribution is -2.30. The third kappa shape index (κ3) is 10.5. The maximum atomic E-state index is 12.9. The fourth-order valence-electron chi connectivity index (χ4n) is 4.58. The van der Waals surface area contributed by atoms with Crippen molar-refractivity contribution in [1.29, 1.82) is 0 Å². The first-order valence-corrected chi connectivity index (χ1v) is 13.7. The number of carboxylic acids is 1. The topological polar surface area (TPSA) is 93.1 Å². The molecule has 0 spiro atoms. The summed E-state index contributed by atoms with van der Waals surface area (Å²) in [5.74, 6) is -2.51. The third-order valence-corrected chi connectivity index (χ3v) is 6.84. The average Bonchev–Trinajstić information content (AvgIpc) is 3.13. The van der Waals surface area contributed by atoms with E-state index in [1.54, 1.807) is 6.07 Å². The molecule has 3 aromatic rings. The summed E-state index contributed by atoms with van der Waals surface area (Å²) in [7, 11) is 0. The van der Waals surface area contributed by atoms with Crippen LogP contribution in [0.25, 0.3) is 0 Å². The lowest BCUT2D eigenvalue weighted by Gasteiger charge is -2.22. The van der Waals surface area contributed by atoms with E-state index in [4.69, 9.17) is 9.90 Å². The SMILES string of the molecule is CC(C)(C)c1ccc(NC(=O)c2cccc(CN3CCCN(Cc4cccc(O)c4)CC3)c2)cc1.O=C(O)C(F)(F)F. The zero-order chi connectivity index (χ0) is 30.9. The summed E-state index contributed by atoms with van der Waals surface area (Å²) in [6.07, 6.45) is -3.98. The van der Waals surface area contributed by atoms with Crippen LogP contribution in [0.5, 0.6) is 5.75 Å². The third-order valence-electron chi connectivity index (χ3n) is 6.84. The molecular formula is C32H38F3N3O4. The number of nitrogens with one attached hydrogen (secondary N) is 1. The van der Waals surface area contributed by atoms with Gasteiger partial charge in [0.1, 0.15) is 5.75 Å². The molecule has 1 aliphatic heterocycles. The monoisotopic (exact) mass is 585 g/mol. The molecule has 226 valence electrons. The smallest absolute Gasteiger partial charge is 0.490 e. The number of halogens is 3. The van der Waals surface area contributed by atoms with Gasteiger partial charge in [-0.3, -0.25) is 14.6 Å². The molecule has 1 fully saturated rings. The fourth-order valence-corrected chi connectivity index (χ4v) is 4.58. The molecule has 0 radical (unpaired) electrons. The van der Waals surface area contributed by atoms with E-state index in [2.05, 4.69) is 60.2 Å². The summed E-state index contributed by atoms with van der Waals surface area (Å²) in [6, 6.07) is 23.6. The van der Waals surface area contributed by atoms with E-state index in [9.17, 15) is 23.1 Å². The second-order valence-electron chi connectivity index (χ2n) is 11.4. The van der Waals surface area contributed by atoms with Crippen LogP contribution in [-0.4, -0.2) is 64.2 Å². The van der Waals surface area contributed by atoms with Gasteiger partial charge in [0, 0.05) is 37.4 Å². The van der Waals surface area contributed by atoms with Crippen LogP contribution in [0.1, 0.15) is 54.2 Å². The van der Waals surface area contributed by atoms with Crippen LogP contribution in [0.15, 0.2) is 72.8 Å². The number of carbonyl (C=O) groups is 2. The molecule has 42 heavy (non-hydrogen) atoms. The Morgan fingerprint density at radius 1 is 0.810 bits per heavy atom. The number of carboxylic acid groups (broad SMARTS) is 1. The van der Waals surface area contributed by atoms with E-state index in [-0.39, 0.29) is 11.3 Å². The molecule has 0 atom stereocenters. The van der Waals surface area contributed by atoms with Gasteiger partial charge >= 0.3 is 12.1 Å². The van der Waals surface area contributed by atoms with Crippen molar-refractivity contribution >= 4 is 17.6 Å². The minimum atomic E-state index is -5.08. The predicted molar refractivity (Wildman–Crippen MR) is 157 cm³/mol. The molecule has 1 saturated heterocycles. The number of hydrogen-bond donors (Lipinski definition) is 3. The lowest BCUT2D eigenvalue weighted by atomic mass is 9.87. The van der Waals surface area contributed by atoms with Gasteiger partial charge in [-0.2, -0.15) is 13.2 Å². The first-order chi connectivity index (χ1) is 19.7. The quantitative estimate of drug-likeness (QED) is 0.315. The highest BCUT2D eigenvalue weighted by Crippen LogP contribution is 2.24. The van der Waals surface area contributed by atoms with E-state index in [0.717, 1.165) is 62.5 Å². The highest BCUT2D eigenvalue weighted by Gasteiger charge is 2.38. The summed E-state index contributed by atoms with van der Waals surface area (Å²) in [5.41, 5.74) is 5.13. The summed E-state index contributed by atoms with van der Waals surface area (Å²) in [6.45, 7) is 12.3. The summed E-state index contributed by atoms with van der Waals surface area (Å²) in [5, 5.41) is 19.9. The first-order valence-electron chi connectivity index (χ1n) is 13.7. The number of nitrogens with zero attached hydrogens (tertiary/aromatic N) is 2. The molecule has 7 nitrogen and oxygen atoms in total. The van der Waals surface area contributed by atoms with Crippen molar-refractivity contribution in [1.82, 2.24) is 9.80 Å². The van der Waals surface area contributed by atoms with Crippen LogP contribution in [0.3, 0.4) is 0 Å². The van der Waals surface area contributed by atoms with Crippen LogP contribution in [0, 0.1) is 0 Å². The molecule has 0 saturated carbocycles. The van der Waals surface area contributed by atoms with Gasteiger partial charge in [-0.1, -0.05) is 57.2 Å². The number of anilines is 1. The summed E-state index contributed by atoms with van der Waals surface area (Å²) < 4.78 is 31.7. The largest absolute Gasteiger partial charge is 0.508 e. The number of phenols is 1. The maximum absolute atomic E-state index is 12.9. The van der Waals surface area contributed by atoms with Gasteiger partial charge < -0.3 is 15.5 Å². The van der Waals surface area contributed by atoms with Crippen LogP contribution in [0.4, 0.5) is 18.9 Å².